The lowest BCUT2D eigenvalue weighted by molar-refractivity contribution is -0.0686. The van der Waals surface area contributed by atoms with Gasteiger partial charge in [-0.3, -0.25) is 4.90 Å². The van der Waals surface area contributed by atoms with Crippen LogP contribution in [-0.4, -0.2) is 48.5 Å². The molecule has 1 aromatic carbocycles. The van der Waals surface area contributed by atoms with E-state index in [4.69, 9.17) is 10.5 Å². The summed E-state index contributed by atoms with van der Waals surface area (Å²) >= 11 is 0. The Labute approximate surface area is 119 Å². The van der Waals surface area contributed by atoms with E-state index in [1.807, 2.05) is 13.0 Å². The minimum Gasteiger partial charge on any atom is -0.394 e. The Balaban J connectivity index is 2.26. The number of aliphatic hydroxyl groups excluding tert-OH is 1. The van der Waals surface area contributed by atoms with Gasteiger partial charge in [-0.15, -0.1) is 0 Å². The van der Waals surface area contributed by atoms with Crippen molar-refractivity contribution in [2.24, 2.45) is 5.73 Å². The Morgan fingerprint density at radius 2 is 2.25 bits per heavy atom. The van der Waals surface area contributed by atoms with Gasteiger partial charge in [-0.2, -0.15) is 0 Å². The maximum Gasteiger partial charge on any atom is 0.128 e. The number of rotatable bonds is 5. The molecule has 0 radical (unpaired) electrons. The van der Waals surface area contributed by atoms with E-state index in [2.05, 4.69) is 4.90 Å². The van der Waals surface area contributed by atoms with Crippen molar-refractivity contribution in [3.8, 4) is 0 Å². The number of nitrogens with zero attached hydrogens (tertiary/aromatic N) is 1. The van der Waals surface area contributed by atoms with Gasteiger partial charge in [0.05, 0.1) is 25.4 Å². The number of hydrogen-bond acceptors (Lipinski definition) is 4. The molecule has 0 aromatic heterocycles. The second kappa shape index (κ2) is 7.13. The second-order valence-electron chi connectivity index (χ2n) is 5.21. The normalized spacial score (nSPS) is 23.5. The van der Waals surface area contributed by atoms with Crippen molar-refractivity contribution in [3.05, 3.63) is 35.6 Å². The summed E-state index contributed by atoms with van der Waals surface area (Å²) in [5.41, 5.74) is 6.85. The first-order chi connectivity index (χ1) is 9.67. The standard InChI is InChI=1S/C15H23FN2O2/c1-2-14(17)15(12-5-3-4-6-13(12)16)18-7-8-20-11(9-18)10-19/h3-6,11,14-15,19H,2,7-10,17H2,1H3. The summed E-state index contributed by atoms with van der Waals surface area (Å²) in [6, 6.07) is 6.44. The van der Waals surface area contributed by atoms with Crippen LogP contribution >= 0.6 is 0 Å². The summed E-state index contributed by atoms with van der Waals surface area (Å²) in [4.78, 5) is 2.12. The highest BCUT2D eigenvalue weighted by atomic mass is 19.1. The van der Waals surface area contributed by atoms with E-state index in [0.29, 0.717) is 25.3 Å². The lowest BCUT2D eigenvalue weighted by Gasteiger charge is -2.40. The molecule has 3 atom stereocenters. The molecule has 3 unspecified atom stereocenters. The van der Waals surface area contributed by atoms with E-state index in [1.54, 1.807) is 12.1 Å². The van der Waals surface area contributed by atoms with E-state index in [0.717, 1.165) is 6.42 Å². The average molecular weight is 282 g/mol. The fraction of sp³-hybridized carbons (Fsp3) is 0.600. The van der Waals surface area contributed by atoms with Gasteiger partial charge in [0.25, 0.3) is 0 Å². The summed E-state index contributed by atoms with van der Waals surface area (Å²) in [6.07, 6.45) is 0.544. The number of benzene rings is 1. The molecule has 0 saturated carbocycles. The van der Waals surface area contributed by atoms with Gasteiger partial charge in [-0.1, -0.05) is 25.1 Å². The average Bonchev–Trinajstić information content (AvgIpc) is 2.49. The molecule has 2 rings (SSSR count). The molecule has 0 bridgehead atoms. The van der Waals surface area contributed by atoms with Gasteiger partial charge in [0.15, 0.2) is 0 Å². The fourth-order valence-electron chi connectivity index (χ4n) is 2.74. The van der Waals surface area contributed by atoms with Crippen LogP contribution in [0, 0.1) is 5.82 Å². The van der Waals surface area contributed by atoms with Gasteiger partial charge in [0.2, 0.25) is 0 Å². The van der Waals surface area contributed by atoms with Crippen molar-refractivity contribution in [1.82, 2.24) is 4.90 Å². The first-order valence-electron chi connectivity index (χ1n) is 7.13. The van der Waals surface area contributed by atoms with Crippen LogP contribution in [0.25, 0.3) is 0 Å². The molecule has 1 aliphatic rings. The number of aliphatic hydroxyl groups is 1. The summed E-state index contributed by atoms with van der Waals surface area (Å²) < 4.78 is 19.6. The van der Waals surface area contributed by atoms with Crippen molar-refractivity contribution >= 4 is 0 Å². The second-order valence-corrected chi connectivity index (χ2v) is 5.21. The minimum atomic E-state index is -0.228. The van der Waals surface area contributed by atoms with E-state index < -0.39 is 0 Å². The van der Waals surface area contributed by atoms with E-state index >= 15 is 0 Å². The van der Waals surface area contributed by atoms with Crippen LogP contribution in [0.4, 0.5) is 4.39 Å². The van der Waals surface area contributed by atoms with Crippen LogP contribution < -0.4 is 5.73 Å². The predicted octanol–water partition coefficient (Wildman–Crippen LogP) is 1.30. The summed E-state index contributed by atoms with van der Waals surface area (Å²) in [6.45, 7) is 3.78. The van der Waals surface area contributed by atoms with Crippen LogP contribution in [0.15, 0.2) is 24.3 Å². The quantitative estimate of drug-likeness (QED) is 0.854. The number of ether oxygens (including phenoxy) is 1. The van der Waals surface area contributed by atoms with Crippen LogP contribution in [0.3, 0.4) is 0 Å². The van der Waals surface area contributed by atoms with Gasteiger partial charge in [-0.25, -0.2) is 4.39 Å². The van der Waals surface area contributed by atoms with Crippen molar-refractivity contribution in [1.29, 1.82) is 0 Å². The molecule has 0 amide bonds. The number of morpholine rings is 1. The number of hydrogen-bond donors (Lipinski definition) is 2. The van der Waals surface area contributed by atoms with Gasteiger partial charge in [0, 0.05) is 24.7 Å². The summed E-state index contributed by atoms with van der Waals surface area (Å²) in [5, 5.41) is 9.25. The summed E-state index contributed by atoms with van der Waals surface area (Å²) in [5.74, 6) is -0.228. The molecule has 1 aromatic rings. The molecule has 1 saturated heterocycles. The van der Waals surface area contributed by atoms with Crippen LogP contribution in [-0.2, 0) is 4.74 Å². The topological polar surface area (TPSA) is 58.7 Å². The Hall–Kier alpha value is -1.01. The van der Waals surface area contributed by atoms with Crippen molar-refractivity contribution in [2.75, 3.05) is 26.3 Å². The zero-order valence-electron chi connectivity index (χ0n) is 11.8. The molecule has 20 heavy (non-hydrogen) atoms. The highest BCUT2D eigenvalue weighted by molar-refractivity contribution is 5.23. The molecule has 0 spiro atoms. The van der Waals surface area contributed by atoms with Gasteiger partial charge in [0.1, 0.15) is 5.82 Å². The highest BCUT2D eigenvalue weighted by Gasteiger charge is 2.31. The highest BCUT2D eigenvalue weighted by Crippen LogP contribution is 2.28. The zero-order chi connectivity index (χ0) is 14.5. The van der Waals surface area contributed by atoms with E-state index in [1.165, 1.54) is 6.07 Å². The predicted molar refractivity (Wildman–Crippen MR) is 75.8 cm³/mol. The van der Waals surface area contributed by atoms with E-state index in [-0.39, 0.29) is 30.6 Å². The van der Waals surface area contributed by atoms with Gasteiger partial charge in [-0.05, 0) is 12.5 Å². The fourth-order valence-corrected chi connectivity index (χ4v) is 2.74. The number of nitrogens with two attached hydrogens (primary N) is 1. The Kier molecular flexibility index (Phi) is 5.48. The monoisotopic (exact) mass is 282 g/mol. The lowest BCUT2D eigenvalue weighted by Crippen LogP contribution is -2.50. The SMILES string of the molecule is CCC(N)C(c1ccccc1F)N1CCOC(CO)C1. The Bertz CT molecular complexity index is 430. The molecular formula is C15H23FN2O2. The zero-order valence-corrected chi connectivity index (χ0v) is 11.8. The molecule has 1 fully saturated rings. The maximum atomic E-state index is 14.1. The third-order valence-corrected chi connectivity index (χ3v) is 3.87. The third kappa shape index (κ3) is 3.35. The largest absolute Gasteiger partial charge is 0.394 e. The molecule has 4 nitrogen and oxygen atoms in total. The van der Waals surface area contributed by atoms with Gasteiger partial charge < -0.3 is 15.6 Å². The van der Waals surface area contributed by atoms with Crippen LogP contribution in [0.1, 0.15) is 24.9 Å². The molecule has 1 aliphatic heterocycles. The first-order valence-corrected chi connectivity index (χ1v) is 7.13. The third-order valence-electron chi connectivity index (χ3n) is 3.87. The maximum absolute atomic E-state index is 14.1. The Morgan fingerprint density at radius 3 is 2.90 bits per heavy atom. The van der Waals surface area contributed by atoms with Crippen LogP contribution in [0.5, 0.6) is 0 Å². The van der Waals surface area contributed by atoms with Crippen molar-refractivity contribution in [3.63, 3.8) is 0 Å². The molecule has 3 N–H and O–H groups in total. The lowest BCUT2D eigenvalue weighted by atomic mass is 9.95. The molecule has 1 heterocycles. The first kappa shape index (κ1) is 15.4. The van der Waals surface area contributed by atoms with Crippen molar-refractivity contribution in [2.45, 2.75) is 31.5 Å². The van der Waals surface area contributed by atoms with E-state index in [9.17, 15) is 9.50 Å². The van der Waals surface area contributed by atoms with Crippen LogP contribution in [0.2, 0.25) is 0 Å². The molecule has 5 heteroatoms. The smallest absolute Gasteiger partial charge is 0.128 e. The molecule has 0 aliphatic carbocycles. The number of halogens is 1. The van der Waals surface area contributed by atoms with Crippen molar-refractivity contribution < 1.29 is 14.2 Å². The Morgan fingerprint density at radius 1 is 1.50 bits per heavy atom. The summed E-state index contributed by atoms with van der Waals surface area (Å²) in [7, 11) is 0. The molecule has 112 valence electrons. The van der Waals surface area contributed by atoms with Gasteiger partial charge >= 0.3 is 0 Å². The minimum absolute atomic E-state index is 0.0259. The molecular weight excluding hydrogens is 259 g/mol.